The summed E-state index contributed by atoms with van der Waals surface area (Å²) in [4.78, 5) is 42.7. The number of rotatable bonds is 3. The zero-order valence-electron chi connectivity index (χ0n) is 16.6. The predicted molar refractivity (Wildman–Crippen MR) is 111 cm³/mol. The van der Waals surface area contributed by atoms with Crippen molar-refractivity contribution in [1.82, 2.24) is 19.3 Å². The molecule has 0 saturated heterocycles. The molecule has 0 aliphatic rings. The van der Waals surface area contributed by atoms with Gasteiger partial charge >= 0.3 is 0 Å². The fourth-order valence-electron chi connectivity index (χ4n) is 3.56. The Morgan fingerprint density at radius 2 is 1.76 bits per heavy atom. The van der Waals surface area contributed by atoms with E-state index < -0.39 is 11.3 Å². The highest BCUT2D eigenvalue weighted by atomic mass is 16.2. The molecule has 2 aromatic heterocycles. The Kier molecular flexibility index (Phi) is 4.30. The van der Waals surface area contributed by atoms with Crippen LogP contribution in [0.4, 0.5) is 0 Å². The third-order valence-electron chi connectivity index (χ3n) is 5.07. The second-order valence-corrected chi connectivity index (χ2v) is 7.20. The van der Waals surface area contributed by atoms with Crippen molar-refractivity contribution < 1.29 is 4.79 Å². The number of hydrogen-bond donors (Lipinski definition) is 1. The van der Waals surface area contributed by atoms with Gasteiger partial charge in [0.05, 0.1) is 16.6 Å². The van der Waals surface area contributed by atoms with Crippen LogP contribution in [-0.4, -0.2) is 25.1 Å². The fourth-order valence-corrected chi connectivity index (χ4v) is 3.56. The quantitative estimate of drug-likeness (QED) is 0.546. The Hall–Kier alpha value is -3.74. The van der Waals surface area contributed by atoms with Gasteiger partial charge < -0.3 is 5.10 Å². The molecule has 1 N–H and O–H groups in total. The maximum Gasteiger partial charge on any atom is 0.277 e. The number of aromatic nitrogens is 4. The van der Waals surface area contributed by atoms with Crippen LogP contribution in [0.25, 0.3) is 16.6 Å². The van der Waals surface area contributed by atoms with E-state index in [1.54, 1.807) is 23.6 Å². The number of nitrogens with zero attached hydrogens (tertiary/aromatic N) is 3. The monoisotopic (exact) mass is 388 g/mol. The highest BCUT2D eigenvalue weighted by molar-refractivity contribution is 6.10. The first-order valence-electron chi connectivity index (χ1n) is 9.18. The summed E-state index contributed by atoms with van der Waals surface area (Å²) in [5.74, 6) is 0.125. The first-order chi connectivity index (χ1) is 13.8. The van der Waals surface area contributed by atoms with E-state index in [1.165, 1.54) is 24.0 Å². The van der Waals surface area contributed by atoms with Crippen LogP contribution in [0.1, 0.15) is 32.9 Å². The van der Waals surface area contributed by atoms with Crippen molar-refractivity contribution in [1.29, 1.82) is 0 Å². The van der Waals surface area contributed by atoms with Crippen LogP contribution in [0.3, 0.4) is 0 Å². The van der Waals surface area contributed by atoms with Crippen molar-refractivity contribution in [2.45, 2.75) is 20.8 Å². The summed E-state index contributed by atoms with van der Waals surface area (Å²) in [6.07, 6.45) is 1.37. The number of hydrogen-bond acceptors (Lipinski definition) is 4. The van der Waals surface area contributed by atoms with Crippen molar-refractivity contribution in [3.63, 3.8) is 0 Å². The summed E-state index contributed by atoms with van der Waals surface area (Å²) < 4.78 is 2.78. The zero-order valence-corrected chi connectivity index (χ0v) is 16.6. The number of carbonyl (C=O) groups is 1. The van der Waals surface area contributed by atoms with Gasteiger partial charge in [-0.15, -0.1) is 0 Å². The molecule has 7 nitrogen and oxygen atoms in total. The number of H-pyrrole nitrogens is 1. The summed E-state index contributed by atoms with van der Waals surface area (Å²) in [6.45, 7) is 5.72. The van der Waals surface area contributed by atoms with Gasteiger partial charge in [0, 0.05) is 18.8 Å². The Bertz CT molecular complexity index is 1410. The molecule has 0 radical (unpaired) electrons. The topological polar surface area (TPSA) is 89.8 Å². The maximum atomic E-state index is 13.3. The molecule has 4 aromatic rings. The highest BCUT2D eigenvalue weighted by Crippen LogP contribution is 2.19. The molecule has 146 valence electrons. The summed E-state index contributed by atoms with van der Waals surface area (Å²) >= 11 is 0. The third kappa shape index (κ3) is 3.00. The van der Waals surface area contributed by atoms with Crippen molar-refractivity contribution in [3.8, 4) is 5.69 Å². The van der Waals surface area contributed by atoms with Crippen LogP contribution >= 0.6 is 0 Å². The average Bonchev–Trinajstić information content (AvgIpc) is 3.01. The first kappa shape index (κ1) is 18.6. The van der Waals surface area contributed by atoms with Crippen LogP contribution in [-0.2, 0) is 7.05 Å². The molecule has 0 aliphatic heterocycles. The number of carbonyl (C=O) groups excluding carboxylic acids is 1. The number of benzene rings is 2. The Morgan fingerprint density at radius 1 is 1.00 bits per heavy atom. The van der Waals surface area contributed by atoms with Gasteiger partial charge in [-0.05, 0) is 50.6 Å². The molecular formula is C22H20N4O3. The first-order valence-corrected chi connectivity index (χ1v) is 9.18. The average molecular weight is 388 g/mol. The van der Waals surface area contributed by atoms with Crippen LogP contribution in [0, 0.1) is 20.8 Å². The molecule has 4 rings (SSSR count). The highest BCUT2D eigenvalue weighted by Gasteiger charge is 2.18. The lowest BCUT2D eigenvalue weighted by Gasteiger charge is -2.14. The Balaban J connectivity index is 1.93. The molecule has 0 unspecified atom stereocenters. The number of ketones is 1. The molecule has 7 heteroatoms. The number of aromatic amines is 1. The van der Waals surface area contributed by atoms with Crippen LogP contribution in [0.15, 0.2) is 52.2 Å². The van der Waals surface area contributed by atoms with Gasteiger partial charge in [-0.2, -0.15) is 0 Å². The molecule has 2 heterocycles. The van der Waals surface area contributed by atoms with Crippen molar-refractivity contribution in [2.24, 2.45) is 7.05 Å². The van der Waals surface area contributed by atoms with Crippen LogP contribution in [0.2, 0.25) is 0 Å². The van der Waals surface area contributed by atoms with Gasteiger partial charge in [-0.3, -0.25) is 23.6 Å². The van der Waals surface area contributed by atoms with E-state index in [0.717, 1.165) is 16.8 Å². The second kappa shape index (κ2) is 6.70. The van der Waals surface area contributed by atoms with E-state index in [0.29, 0.717) is 16.7 Å². The van der Waals surface area contributed by atoms with Gasteiger partial charge in [-0.1, -0.05) is 17.7 Å². The number of nitrogens with one attached hydrogen (secondary N) is 1. The lowest BCUT2D eigenvalue weighted by atomic mass is 10.0. The largest absolute Gasteiger partial charge is 0.302 e. The summed E-state index contributed by atoms with van der Waals surface area (Å²) in [7, 11) is 1.54. The molecule has 0 spiro atoms. The number of fused-ring (bicyclic) bond motifs is 1. The Labute approximate surface area is 166 Å². The third-order valence-corrected chi connectivity index (χ3v) is 5.07. The van der Waals surface area contributed by atoms with E-state index in [1.807, 2.05) is 32.0 Å². The van der Waals surface area contributed by atoms with Crippen LogP contribution in [0.5, 0.6) is 0 Å². The SMILES string of the molecule is Cc1ccc(-n2c(C)nc3ccc(C(=O)c4c[nH]n(C)c4=O)cc3c2=O)c(C)c1. The molecule has 0 aliphatic carbocycles. The van der Waals surface area contributed by atoms with Gasteiger partial charge in [0.2, 0.25) is 0 Å². The molecule has 0 amide bonds. The van der Waals surface area contributed by atoms with E-state index in [9.17, 15) is 14.4 Å². The molecule has 0 saturated carbocycles. The van der Waals surface area contributed by atoms with Gasteiger partial charge in [0.15, 0.2) is 5.78 Å². The normalized spacial score (nSPS) is 11.2. The smallest absolute Gasteiger partial charge is 0.277 e. The molecule has 0 bridgehead atoms. The van der Waals surface area contributed by atoms with Crippen molar-refractivity contribution >= 4 is 16.7 Å². The molecule has 29 heavy (non-hydrogen) atoms. The summed E-state index contributed by atoms with van der Waals surface area (Å²) in [5.41, 5.74) is 2.95. The minimum Gasteiger partial charge on any atom is -0.302 e. The Morgan fingerprint density at radius 3 is 2.41 bits per heavy atom. The molecule has 0 fully saturated rings. The molecule has 2 aromatic carbocycles. The molecular weight excluding hydrogens is 368 g/mol. The van der Waals surface area contributed by atoms with Gasteiger partial charge in [0.25, 0.3) is 11.1 Å². The minimum absolute atomic E-state index is 0.0293. The zero-order chi connectivity index (χ0) is 20.9. The van der Waals surface area contributed by atoms with Crippen LogP contribution < -0.4 is 11.1 Å². The van der Waals surface area contributed by atoms with Crippen molar-refractivity contribution in [3.05, 3.63) is 91.4 Å². The number of aryl methyl sites for hydroxylation is 4. The summed E-state index contributed by atoms with van der Waals surface area (Å²) in [6, 6.07) is 10.6. The van der Waals surface area contributed by atoms with Gasteiger partial charge in [0.1, 0.15) is 11.4 Å². The minimum atomic E-state index is -0.438. The maximum absolute atomic E-state index is 13.3. The summed E-state index contributed by atoms with van der Waals surface area (Å²) in [5, 5.41) is 3.02. The lowest BCUT2D eigenvalue weighted by Crippen LogP contribution is -2.23. The van der Waals surface area contributed by atoms with E-state index >= 15 is 0 Å². The lowest BCUT2D eigenvalue weighted by molar-refractivity contribution is 0.103. The van der Waals surface area contributed by atoms with E-state index in [2.05, 4.69) is 10.1 Å². The standard InChI is InChI=1S/C22H20N4O3/c1-12-5-8-19(13(2)9-12)26-14(3)24-18-7-6-15(10-16(18)22(26)29)20(27)17-11-23-25(4)21(17)28/h5-11,23H,1-4H3. The van der Waals surface area contributed by atoms with Crippen molar-refractivity contribution in [2.75, 3.05) is 0 Å². The van der Waals surface area contributed by atoms with Gasteiger partial charge in [-0.25, -0.2) is 4.98 Å². The van der Waals surface area contributed by atoms with E-state index in [-0.39, 0.29) is 16.7 Å². The van der Waals surface area contributed by atoms with E-state index in [4.69, 9.17) is 0 Å². The predicted octanol–water partition coefficient (Wildman–Crippen LogP) is 2.57. The second-order valence-electron chi connectivity index (χ2n) is 7.20. The fraction of sp³-hybridized carbons (Fsp3) is 0.182. The molecule has 0 atom stereocenters.